The molecule has 0 aliphatic carbocycles. The molecule has 120 valence electrons. The van der Waals surface area contributed by atoms with Crippen molar-refractivity contribution in [2.24, 2.45) is 0 Å². The van der Waals surface area contributed by atoms with Gasteiger partial charge in [-0.15, -0.1) is 0 Å². The Morgan fingerprint density at radius 3 is 2.77 bits per heavy atom. The molecule has 0 bridgehead atoms. The Labute approximate surface area is 136 Å². The lowest BCUT2D eigenvalue weighted by Gasteiger charge is -2.23. The number of halogens is 2. The van der Waals surface area contributed by atoms with Crippen LogP contribution in [0.3, 0.4) is 0 Å². The molecule has 0 N–H and O–H groups in total. The predicted molar refractivity (Wildman–Crippen MR) is 84.2 cm³/mol. The first-order chi connectivity index (χ1) is 10.4. The van der Waals surface area contributed by atoms with Crippen molar-refractivity contribution in [2.75, 3.05) is 0 Å². The topological polar surface area (TPSA) is 50.1 Å². The normalized spacial score (nSPS) is 14.7. The second-order valence-electron chi connectivity index (χ2n) is 5.47. The molecule has 0 heterocycles. The number of hydrogen-bond donors (Lipinski definition) is 0. The van der Waals surface area contributed by atoms with E-state index in [9.17, 15) is 14.4 Å². The van der Waals surface area contributed by atoms with Gasteiger partial charge in [0.15, 0.2) is 0 Å². The van der Waals surface area contributed by atoms with Crippen LogP contribution in [0.2, 0.25) is 5.02 Å². The molecule has 0 saturated heterocycles. The maximum Gasteiger partial charge on any atom is 0.308 e. The molecule has 1 rings (SSSR count). The summed E-state index contributed by atoms with van der Waals surface area (Å²) in [5.74, 6) is -0.569. The van der Waals surface area contributed by atoms with Gasteiger partial charge in [0.25, 0.3) is 0 Å². The lowest BCUT2D eigenvalue weighted by atomic mass is 9.79. The molecule has 0 amide bonds. The number of benzene rings is 1. The van der Waals surface area contributed by atoms with Crippen molar-refractivity contribution in [1.82, 2.24) is 0 Å². The average Bonchev–Trinajstić information content (AvgIpc) is 2.47. The van der Waals surface area contributed by atoms with E-state index in [-0.39, 0.29) is 12.8 Å². The first kappa shape index (κ1) is 18.4. The van der Waals surface area contributed by atoms with Crippen LogP contribution in [0.5, 0.6) is 0 Å². The molecule has 0 radical (unpaired) electrons. The Hall–Kier alpha value is -1.60. The van der Waals surface area contributed by atoms with Crippen LogP contribution in [0.1, 0.15) is 51.5 Å². The zero-order chi connectivity index (χ0) is 16.6. The lowest BCUT2D eigenvalue weighted by Crippen LogP contribution is -2.21. The number of rotatable bonds is 8. The van der Waals surface area contributed by atoms with Crippen molar-refractivity contribution in [1.29, 1.82) is 5.26 Å². The van der Waals surface area contributed by atoms with E-state index in [0.29, 0.717) is 24.3 Å². The molecular weight excluding hydrogens is 305 g/mol. The molecule has 0 aromatic heterocycles. The summed E-state index contributed by atoms with van der Waals surface area (Å²) in [6, 6.07) is 9.43. The summed E-state index contributed by atoms with van der Waals surface area (Å²) in [5, 5.41) is 9.99. The molecule has 2 unspecified atom stereocenters. The van der Waals surface area contributed by atoms with Crippen molar-refractivity contribution in [2.45, 2.75) is 57.7 Å². The maximum absolute atomic E-state index is 13.2. The van der Waals surface area contributed by atoms with Gasteiger partial charge >= 0.3 is 5.97 Å². The van der Waals surface area contributed by atoms with Gasteiger partial charge in [0.1, 0.15) is 0 Å². The number of hydrogen-bond acceptors (Lipinski definition) is 3. The zero-order valence-corrected chi connectivity index (χ0v) is 13.7. The van der Waals surface area contributed by atoms with Crippen LogP contribution in [0.4, 0.5) is 4.39 Å². The Kier molecular flexibility index (Phi) is 7.34. The third kappa shape index (κ3) is 5.31. The van der Waals surface area contributed by atoms with Gasteiger partial charge in [-0.2, -0.15) is 5.26 Å². The Morgan fingerprint density at radius 2 is 2.18 bits per heavy atom. The number of alkyl halides is 1. The van der Waals surface area contributed by atoms with Gasteiger partial charge in [0, 0.05) is 17.9 Å². The highest BCUT2D eigenvalue weighted by molar-refractivity contribution is 6.31. The molecule has 0 aliphatic rings. The monoisotopic (exact) mass is 325 g/mol. The van der Waals surface area contributed by atoms with E-state index in [1.54, 1.807) is 19.1 Å². The Bertz CT molecular complexity index is 544. The van der Waals surface area contributed by atoms with Crippen molar-refractivity contribution >= 4 is 17.6 Å². The standard InChI is InChI=1S/C17H21ClFNO2/c1-3-7-15(19)22-16(21)10-6-11-17(2,12-20)13-8-4-5-9-14(13)18/h4-5,8-9,15H,3,6-7,10-11H2,1-2H3. The van der Waals surface area contributed by atoms with E-state index in [0.717, 1.165) is 5.56 Å². The molecule has 0 saturated carbocycles. The maximum atomic E-state index is 13.2. The quantitative estimate of drug-likeness (QED) is 0.637. The molecule has 0 fully saturated rings. The molecule has 22 heavy (non-hydrogen) atoms. The van der Waals surface area contributed by atoms with Gasteiger partial charge in [-0.05, 0) is 37.8 Å². The van der Waals surface area contributed by atoms with Crippen molar-refractivity contribution in [3.8, 4) is 6.07 Å². The van der Waals surface area contributed by atoms with Gasteiger partial charge < -0.3 is 4.74 Å². The van der Waals surface area contributed by atoms with Gasteiger partial charge in [-0.3, -0.25) is 4.79 Å². The third-order valence-electron chi connectivity index (χ3n) is 3.55. The summed E-state index contributed by atoms with van der Waals surface area (Å²) in [4.78, 5) is 11.5. The van der Waals surface area contributed by atoms with Crippen LogP contribution in [0.25, 0.3) is 0 Å². The summed E-state index contributed by atoms with van der Waals surface area (Å²) in [6.07, 6.45) is 0.268. The second-order valence-corrected chi connectivity index (χ2v) is 5.87. The molecule has 1 aromatic carbocycles. The van der Waals surface area contributed by atoms with Gasteiger partial charge in [0.2, 0.25) is 6.36 Å². The highest BCUT2D eigenvalue weighted by atomic mass is 35.5. The zero-order valence-electron chi connectivity index (χ0n) is 12.9. The molecular formula is C17H21ClFNO2. The van der Waals surface area contributed by atoms with E-state index < -0.39 is 17.7 Å². The highest BCUT2D eigenvalue weighted by Gasteiger charge is 2.28. The SMILES string of the molecule is CCCC(F)OC(=O)CCCC(C)(C#N)c1ccccc1Cl. The molecule has 3 nitrogen and oxygen atoms in total. The molecule has 0 spiro atoms. The van der Waals surface area contributed by atoms with E-state index in [1.807, 2.05) is 19.1 Å². The fourth-order valence-corrected chi connectivity index (χ4v) is 2.58. The summed E-state index contributed by atoms with van der Waals surface area (Å²) in [6.45, 7) is 3.61. The summed E-state index contributed by atoms with van der Waals surface area (Å²) >= 11 is 6.14. The van der Waals surface area contributed by atoms with Gasteiger partial charge in [-0.1, -0.05) is 36.7 Å². The number of carbonyl (C=O) groups is 1. The summed E-state index contributed by atoms with van der Waals surface area (Å²) in [5.41, 5.74) is -0.0427. The number of nitrogens with zero attached hydrogens (tertiary/aromatic N) is 1. The first-order valence-corrected chi connectivity index (χ1v) is 7.80. The van der Waals surface area contributed by atoms with Crippen LogP contribution in [-0.2, 0) is 14.9 Å². The number of nitriles is 1. The van der Waals surface area contributed by atoms with Crippen LogP contribution in [-0.4, -0.2) is 12.3 Å². The van der Waals surface area contributed by atoms with Crippen LogP contribution in [0.15, 0.2) is 24.3 Å². The van der Waals surface area contributed by atoms with E-state index in [1.165, 1.54) is 0 Å². The van der Waals surface area contributed by atoms with Crippen LogP contribution in [0, 0.1) is 11.3 Å². The molecule has 2 atom stereocenters. The summed E-state index contributed by atoms with van der Waals surface area (Å²) in [7, 11) is 0. The largest absolute Gasteiger partial charge is 0.431 e. The van der Waals surface area contributed by atoms with Gasteiger partial charge in [0.05, 0.1) is 11.5 Å². The second kappa shape index (κ2) is 8.75. The molecule has 0 aliphatic heterocycles. The Balaban J connectivity index is 2.56. The van der Waals surface area contributed by atoms with Crippen LogP contribution >= 0.6 is 11.6 Å². The minimum absolute atomic E-state index is 0.0891. The number of esters is 1. The number of carbonyl (C=O) groups excluding carboxylic acids is 1. The third-order valence-corrected chi connectivity index (χ3v) is 3.88. The Morgan fingerprint density at radius 1 is 1.50 bits per heavy atom. The highest BCUT2D eigenvalue weighted by Crippen LogP contribution is 2.33. The smallest absolute Gasteiger partial charge is 0.308 e. The van der Waals surface area contributed by atoms with Crippen molar-refractivity contribution in [3.05, 3.63) is 34.9 Å². The lowest BCUT2D eigenvalue weighted by molar-refractivity contribution is -0.158. The predicted octanol–water partition coefficient (Wildman–Crippen LogP) is 4.93. The van der Waals surface area contributed by atoms with Crippen molar-refractivity contribution in [3.63, 3.8) is 0 Å². The van der Waals surface area contributed by atoms with Gasteiger partial charge in [-0.25, -0.2) is 4.39 Å². The summed E-state index contributed by atoms with van der Waals surface area (Å²) < 4.78 is 17.8. The molecule has 1 aromatic rings. The minimum atomic E-state index is -1.54. The van der Waals surface area contributed by atoms with E-state index >= 15 is 0 Å². The number of ether oxygens (including phenoxy) is 1. The van der Waals surface area contributed by atoms with E-state index in [2.05, 4.69) is 10.8 Å². The van der Waals surface area contributed by atoms with Crippen LogP contribution < -0.4 is 0 Å². The average molecular weight is 326 g/mol. The minimum Gasteiger partial charge on any atom is -0.431 e. The molecule has 5 heteroatoms. The first-order valence-electron chi connectivity index (χ1n) is 7.42. The fourth-order valence-electron chi connectivity index (χ4n) is 2.23. The fraction of sp³-hybridized carbons (Fsp3) is 0.529. The van der Waals surface area contributed by atoms with E-state index in [4.69, 9.17) is 11.6 Å². The van der Waals surface area contributed by atoms with Crippen molar-refractivity contribution < 1.29 is 13.9 Å².